The van der Waals surface area contributed by atoms with Gasteiger partial charge in [0, 0.05) is 11.4 Å². The van der Waals surface area contributed by atoms with E-state index in [9.17, 15) is 4.79 Å². The molecule has 2 nitrogen and oxygen atoms in total. The smallest absolute Gasteiger partial charge is 0.235 e. The van der Waals surface area contributed by atoms with Crippen molar-refractivity contribution in [3.63, 3.8) is 0 Å². The van der Waals surface area contributed by atoms with Crippen LogP contribution >= 0.6 is 22.9 Å². The van der Waals surface area contributed by atoms with Crippen LogP contribution in [-0.4, -0.2) is 11.8 Å². The van der Waals surface area contributed by atoms with Crippen molar-refractivity contribution >= 4 is 28.8 Å². The molecule has 1 aromatic heterocycles. The highest BCUT2D eigenvalue weighted by Gasteiger charge is 2.00. The summed E-state index contributed by atoms with van der Waals surface area (Å²) in [4.78, 5) is 12.2. The summed E-state index contributed by atoms with van der Waals surface area (Å²) < 4.78 is 0. The zero-order chi connectivity index (χ0) is 12.1. The molecular formula is C13H12ClNOS. The Morgan fingerprint density at radius 1 is 1.24 bits per heavy atom. The minimum absolute atomic E-state index is 0.00722. The molecule has 0 unspecified atom stereocenters. The second-order valence-electron chi connectivity index (χ2n) is 3.58. The molecule has 88 valence electrons. The van der Waals surface area contributed by atoms with E-state index >= 15 is 0 Å². The molecule has 0 atom stereocenters. The van der Waals surface area contributed by atoms with Gasteiger partial charge in [-0.15, -0.1) is 22.9 Å². The first-order valence-corrected chi connectivity index (χ1v) is 6.66. The van der Waals surface area contributed by atoms with Gasteiger partial charge in [-0.1, -0.05) is 30.3 Å². The van der Waals surface area contributed by atoms with Crippen molar-refractivity contribution in [2.45, 2.75) is 6.54 Å². The van der Waals surface area contributed by atoms with E-state index in [0.717, 1.165) is 5.56 Å². The molecule has 1 N–H and O–H groups in total. The van der Waals surface area contributed by atoms with Gasteiger partial charge in [-0.25, -0.2) is 0 Å². The number of carbonyl (C=O) groups is 1. The number of alkyl halides is 1. The monoisotopic (exact) mass is 265 g/mol. The number of thiophene rings is 1. The second kappa shape index (κ2) is 5.84. The van der Waals surface area contributed by atoms with Gasteiger partial charge < -0.3 is 5.32 Å². The third-order valence-electron chi connectivity index (χ3n) is 2.37. The summed E-state index contributed by atoms with van der Waals surface area (Å²) in [5, 5.41) is 4.79. The molecule has 0 radical (unpaired) electrons. The molecular weight excluding hydrogens is 254 g/mol. The fraction of sp³-hybridized carbons (Fsp3) is 0.154. The van der Waals surface area contributed by atoms with Crippen LogP contribution in [0, 0.1) is 0 Å². The van der Waals surface area contributed by atoms with Crippen LogP contribution in [0.5, 0.6) is 0 Å². The first-order chi connectivity index (χ1) is 8.29. The van der Waals surface area contributed by atoms with Crippen LogP contribution in [0.15, 0.2) is 41.8 Å². The summed E-state index contributed by atoms with van der Waals surface area (Å²) in [7, 11) is 0. The Kier molecular flexibility index (Phi) is 4.18. The zero-order valence-electron chi connectivity index (χ0n) is 9.15. The van der Waals surface area contributed by atoms with E-state index in [1.165, 1.54) is 10.4 Å². The summed E-state index contributed by atoms with van der Waals surface area (Å²) in [6, 6.07) is 12.3. The van der Waals surface area contributed by atoms with Crippen LogP contribution in [0.3, 0.4) is 0 Å². The number of hydrogen-bond donors (Lipinski definition) is 1. The lowest BCUT2D eigenvalue weighted by molar-refractivity contribution is -0.118. The topological polar surface area (TPSA) is 29.1 Å². The molecule has 0 saturated heterocycles. The maximum Gasteiger partial charge on any atom is 0.235 e. The molecule has 1 aromatic carbocycles. The minimum atomic E-state index is -0.144. The molecule has 0 fully saturated rings. The number of hydrogen-bond acceptors (Lipinski definition) is 2. The van der Waals surface area contributed by atoms with Crippen LogP contribution in [0.4, 0.5) is 0 Å². The number of halogens is 1. The maximum absolute atomic E-state index is 11.0. The van der Waals surface area contributed by atoms with Crippen LogP contribution in [-0.2, 0) is 11.3 Å². The minimum Gasteiger partial charge on any atom is -0.351 e. The van der Waals surface area contributed by atoms with Crippen molar-refractivity contribution in [1.29, 1.82) is 0 Å². The lowest BCUT2D eigenvalue weighted by Gasteiger charge is -2.04. The van der Waals surface area contributed by atoms with Crippen LogP contribution in [0.2, 0.25) is 0 Å². The number of amides is 1. The number of nitrogens with one attached hydrogen (secondary N) is 1. The van der Waals surface area contributed by atoms with E-state index in [4.69, 9.17) is 11.6 Å². The summed E-state index contributed by atoms with van der Waals surface area (Å²) in [5.74, 6) is -0.137. The predicted octanol–water partition coefficient (Wildman–Crippen LogP) is 3.27. The Hall–Kier alpha value is -1.32. The molecule has 0 aliphatic carbocycles. The second-order valence-corrected chi connectivity index (χ2v) is 4.80. The Morgan fingerprint density at radius 3 is 2.59 bits per heavy atom. The lowest BCUT2D eigenvalue weighted by atomic mass is 10.1. The average Bonchev–Trinajstić information content (AvgIpc) is 2.90. The first kappa shape index (κ1) is 12.1. The Bertz CT molecular complexity index is 479. The standard InChI is InChI=1S/C13H12ClNOS/c14-8-13(16)15-9-10-3-5-11(6-4-10)12-2-1-7-17-12/h1-7H,8-9H2,(H,15,16). The highest BCUT2D eigenvalue weighted by Crippen LogP contribution is 2.24. The summed E-state index contributed by atoms with van der Waals surface area (Å²) >= 11 is 7.12. The number of carbonyl (C=O) groups excluding carboxylic acids is 1. The quantitative estimate of drug-likeness (QED) is 0.845. The van der Waals surface area contributed by atoms with Crippen molar-refractivity contribution in [2.75, 3.05) is 5.88 Å². The van der Waals surface area contributed by atoms with Crippen molar-refractivity contribution in [2.24, 2.45) is 0 Å². The highest BCUT2D eigenvalue weighted by atomic mass is 35.5. The van der Waals surface area contributed by atoms with E-state index < -0.39 is 0 Å². The molecule has 0 aliphatic rings. The van der Waals surface area contributed by atoms with Crippen molar-refractivity contribution < 1.29 is 4.79 Å². The number of rotatable bonds is 4. The van der Waals surface area contributed by atoms with Crippen molar-refractivity contribution in [3.8, 4) is 10.4 Å². The van der Waals surface area contributed by atoms with Crippen molar-refractivity contribution in [1.82, 2.24) is 5.32 Å². The van der Waals surface area contributed by atoms with Gasteiger partial charge in [-0.05, 0) is 22.6 Å². The molecule has 0 bridgehead atoms. The molecule has 1 amide bonds. The van der Waals surface area contributed by atoms with Gasteiger partial charge in [0.25, 0.3) is 0 Å². The third kappa shape index (κ3) is 3.32. The molecule has 1 heterocycles. The van der Waals surface area contributed by atoms with Gasteiger partial charge in [0.2, 0.25) is 5.91 Å². The number of benzene rings is 1. The van der Waals surface area contributed by atoms with Gasteiger partial charge in [0.15, 0.2) is 0 Å². The Labute approximate surface area is 109 Å². The average molecular weight is 266 g/mol. The van der Waals surface area contributed by atoms with Gasteiger partial charge in [0.05, 0.1) is 0 Å². The van der Waals surface area contributed by atoms with Crippen LogP contribution in [0.25, 0.3) is 10.4 Å². The van der Waals surface area contributed by atoms with Crippen LogP contribution < -0.4 is 5.32 Å². The largest absolute Gasteiger partial charge is 0.351 e. The normalized spacial score (nSPS) is 10.2. The summed E-state index contributed by atoms with van der Waals surface area (Å²) in [6.07, 6.45) is 0. The first-order valence-electron chi connectivity index (χ1n) is 5.25. The fourth-order valence-corrected chi connectivity index (χ4v) is 2.31. The molecule has 0 saturated carbocycles. The van der Waals surface area contributed by atoms with E-state index in [1.807, 2.05) is 18.2 Å². The van der Waals surface area contributed by atoms with E-state index in [1.54, 1.807) is 11.3 Å². The maximum atomic E-state index is 11.0. The molecule has 4 heteroatoms. The predicted molar refractivity (Wildman–Crippen MR) is 72.3 cm³/mol. The Balaban J connectivity index is 2.01. The van der Waals surface area contributed by atoms with E-state index in [2.05, 4.69) is 28.9 Å². The third-order valence-corrected chi connectivity index (χ3v) is 3.53. The molecule has 0 spiro atoms. The van der Waals surface area contributed by atoms with Gasteiger partial charge in [0.1, 0.15) is 5.88 Å². The lowest BCUT2D eigenvalue weighted by Crippen LogP contribution is -2.23. The molecule has 17 heavy (non-hydrogen) atoms. The fourth-order valence-electron chi connectivity index (χ4n) is 1.48. The Morgan fingerprint density at radius 2 is 2.00 bits per heavy atom. The van der Waals surface area contributed by atoms with E-state index in [-0.39, 0.29) is 11.8 Å². The van der Waals surface area contributed by atoms with Crippen molar-refractivity contribution in [3.05, 3.63) is 47.3 Å². The van der Waals surface area contributed by atoms with Gasteiger partial charge >= 0.3 is 0 Å². The van der Waals surface area contributed by atoms with E-state index in [0.29, 0.717) is 6.54 Å². The zero-order valence-corrected chi connectivity index (χ0v) is 10.7. The van der Waals surface area contributed by atoms with Gasteiger partial charge in [-0.2, -0.15) is 0 Å². The molecule has 0 aliphatic heterocycles. The van der Waals surface area contributed by atoms with Gasteiger partial charge in [-0.3, -0.25) is 4.79 Å². The molecule has 2 aromatic rings. The molecule has 2 rings (SSSR count). The highest BCUT2D eigenvalue weighted by molar-refractivity contribution is 7.13. The SMILES string of the molecule is O=C(CCl)NCc1ccc(-c2cccs2)cc1. The van der Waals surface area contributed by atoms with Crippen LogP contribution in [0.1, 0.15) is 5.56 Å². The summed E-state index contributed by atoms with van der Waals surface area (Å²) in [6.45, 7) is 0.524. The summed E-state index contributed by atoms with van der Waals surface area (Å²) in [5.41, 5.74) is 2.27.